The second-order valence-corrected chi connectivity index (χ2v) is 14.1. The highest BCUT2D eigenvalue weighted by Gasteiger charge is 2.45. The van der Waals surface area contributed by atoms with Gasteiger partial charge in [0, 0.05) is 43.4 Å². The van der Waals surface area contributed by atoms with Crippen LogP contribution in [-0.2, 0) is 4.57 Å². The number of anilines is 1. The summed E-state index contributed by atoms with van der Waals surface area (Å²) in [5.41, 5.74) is 4.23. The molecular formula is C28H28F2N5O3P. The number of nitrogens with zero attached hydrogens (tertiary/aromatic N) is 5. The summed E-state index contributed by atoms with van der Waals surface area (Å²) in [5.74, 6) is 1.22. The molecule has 2 aromatic carbocycles. The number of carbonyl (C=O) groups excluding carboxylic acids is 1. The molecule has 2 aromatic heterocycles. The number of benzene rings is 2. The highest BCUT2D eigenvalue weighted by Crippen LogP contribution is 2.50. The lowest BCUT2D eigenvalue weighted by molar-refractivity contribution is -0.0507. The molecule has 8 nitrogen and oxygen atoms in total. The standard InChI is InChI=1S/C28H28F2N5O3P/c1-33(15-39(3,4)37)24-11-9-17(14-31-24)16-8-10-19-20(12-16)35-21-13-22(26(35)32-19)34(2)27(36)18-6-5-7-23(25(18)21)38-28(29)30/h5-12,14,21-22,28H,13,15H2,1-4H3/t21-,22-/m1/s1. The SMILES string of the molecule is CN(CP(C)(C)=O)c1ccc(-c2ccc3nc4n(c3c2)[C@@H]2C[C@H]4N(C)C(=O)c3cccc(OC(F)F)c32)cn1. The van der Waals surface area contributed by atoms with E-state index in [0.29, 0.717) is 23.8 Å². The highest BCUT2D eigenvalue weighted by atomic mass is 31.2. The van der Waals surface area contributed by atoms with Crippen molar-refractivity contribution in [1.29, 1.82) is 0 Å². The van der Waals surface area contributed by atoms with Gasteiger partial charge in [0.15, 0.2) is 0 Å². The molecule has 2 bridgehead atoms. The van der Waals surface area contributed by atoms with Crippen molar-refractivity contribution in [1.82, 2.24) is 19.4 Å². The van der Waals surface area contributed by atoms with Gasteiger partial charge in [-0.3, -0.25) is 4.79 Å². The normalized spacial score (nSPS) is 18.3. The number of hydrogen-bond donors (Lipinski definition) is 0. The molecule has 6 rings (SSSR count). The summed E-state index contributed by atoms with van der Waals surface area (Å²) in [7, 11) is 1.35. The summed E-state index contributed by atoms with van der Waals surface area (Å²) in [6.45, 7) is 0.497. The molecule has 0 saturated carbocycles. The lowest BCUT2D eigenvalue weighted by Crippen LogP contribution is -2.30. The van der Waals surface area contributed by atoms with E-state index in [0.717, 1.165) is 33.8 Å². The second kappa shape index (κ2) is 9.16. The zero-order valence-electron chi connectivity index (χ0n) is 22.0. The Labute approximate surface area is 224 Å². The third-order valence-corrected chi connectivity index (χ3v) is 8.54. The summed E-state index contributed by atoms with van der Waals surface area (Å²) < 4.78 is 45.8. The van der Waals surface area contributed by atoms with E-state index in [1.165, 1.54) is 6.07 Å². The third-order valence-electron chi connectivity index (χ3n) is 7.43. The molecule has 0 aliphatic carbocycles. The average molecular weight is 552 g/mol. The van der Waals surface area contributed by atoms with Crippen LogP contribution in [0.4, 0.5) is 14.6 Å². The van der Waals surface area contributed by atoms with Crippen molar-refractivity contribution in [2.75, 3.05) is 38.6 Å². The molecule has 1 amide bonds. The number of alkyl halides is 2. The van der Waals surface area contributed by atoms with E-state index in [1.54, 1.807) is 43.6 Å². The Morgan fingerprint density at radius 1 is 1.13 bits per heavy atom. The summed E-state index contributed by atoms with van der Waals surface area (Å²) in [6, 6.07) is 13.8. The van der Waals surface area contributed by atoms with Gasteiger partial charge >= 0.3 is 6.61 Å². The molecule has 2 aliphatic heterocycles. The van der Waals surface area contributed by atoms with Crippen LogP contribution in [0.15, 0.2) is 54.7 Å². The van der Waals surface area contributed by atoms with E-state index in [-0.39, 0.29) is 17.7 Å². The molecule has 0 radical (unpaired) electrons. The van der Waals surface area contributed by atoms with E-state index in [1.807, 2.05) is 42.3 Å². The van der Waals surface area contributed by atoms with Crippen molar-refractivity contribution >= 4 is 29.9 Å². The first-order valence-electron chi connectivity index (χ1n) is 12.6. The number of rotatable bonds is 6. The Kier molecular flexibility index (Phi) is 5.99. The first-order valence-corrected chi connectivity index (χ1v) is 15.4. The Hall–Kier alpha value is -3.78. The van der Waals surface area contributed by atoms with Gasteiger partial charge in [0.05, 0.1) is 29.4 Å². The molecule has 39 heavy (non-hydrogen) atoms. The van der Waals surface area contributed by atoms with Crippen molar-refractivity contribution in [3.8, 4) is 16.9 Å². The lowest BCUT2D eigenvalue weighted by atomic mass is 9.97. The first kappa shape index (κ1) is 25.5. The number of carbonyl (C=O) groups is 1. The van der Waals surface area contributed by atoms with Crippen LogP contribution in [0.2, 0.25) is 0 Å². The summed E-state index contributed by atoms with van der Waals surface area (Å²) in [4.78, 5) is 26.3. The minimum Gasteiger partial charge on any atom is -0.434 e. The first-order chi connectivity index (χ1) is 18.5. The Morgan fingerprint density at radius 3 is 2.59 bits per heavy atom. The fourth-order valence-electron chi connectivity index (χ4n) is 5.82. The number of aromatic nitrogens is 3. The zero-order valence-corrected chi connectivity index (χ0v) is 22.9. The van der Waals surface area contributed by atoms with E-state index in [4.69, 9.17) is 9.72 Å². The number of ether oxygens (including phenoxy) is 1. The van der Waals surface area contributed by atoms with Gasteiger partial charge in [0.2, 0.25) is 0 Å². The molecule has 2 aliphatic rings. The number of hydrogen-bond acceptors (Lipinski definition) is 6. The maximum absolute atomic E-state index is 13.3. The smallest absolute Gasteiger partial charge is 0.387 e. The maximum Gasteiger partial charge on any atom is 0.387 e. The van der Waals surface area contributed by atoms with Crippen LogP contribution in [0.5, 0.6) is 5.75 Å². The topological polar surface area (TPSA) is 80.6 Å². The quantitative estimate of drug-likeness (QED) is 0.280. The van der Waals surface area contributed by atoms with Crippen LogP contribution in [0, 0.1) is 0 Å². The van der Waals surface area contributed by atoms with Gasteiger partial charge in [-0.15, -0.1) is 0 Å². The van der Waals surface area contributed by atoms with Crippen LogP contribution in [0.25, 0.3) is 22.2 Å². The predicted molar refractivity (Wildman–Crippen MR) is 146 cm³/mol. The van der Waals surface area contributed by atoms with E-state index < -0.39 is 19.8 Å². The molecular weight excluding hydrogens is 523 g/mol. The van der Waals surface area contributed by atoms with Crippen LogP contribution in [0.3, 0.4) is 0 Å². The number of fused-ring (bicyclic) bond motifs is 9. The maximum atomic E-state index is 13.3. The molecule has 202 valence electrons. The number of imidazole rings is 1. The molecule has 0 spiro atoms. The van der Waals surface area contributed by atoms with Crippen molar-refractivity contribution in [3.63, 3.8) is 0 Å². The number of halogens is 2. The number of pyridine rings is 1. The Balaban J connectivity index is 1.44. The van der Waals surface area contributed by atoms with Gasteiger partial charge in [-0.1, -0.05) is 12.1 Å². The zero-order chi connectivity index (χ0) is 27.6. The monoisotopic (exact) mass is 551 g/mol. The summed E-state index contributed by atoms with van der Waals surface area (Å²) >= 11 is 0. The van der Waals surface area contributed by atoms with Gasteiger partial charge in [0.25, 0.3) is 5.91 Å². The van der Waals surface area contributed by atoms with Gasteiger partial charge in [-0.25, -0.2) is 9.97 Å². The summed E-state index contributed by atoms with van der Waals surface area (Å²) in [6.07, 6.45) is 2.73. The molecule has 2 atom stereocenters. The van der Waals surface area contributed by atoms with E-state index >= 15 is 0 Å². The van der Waals surface area contributed by atoms with Crippen molar-refractivity contribution in [3.05, 3.63) is 71.7 Å². The Morgan fingerprint density at radius 2 is 1.90 bits per heavy atom. The molecule has 4 heterocycles. The molecule has 0 N–H and O–H groups in total. The minimum absolute atomic E-state index is 0.00775. The van der Waals surface area contributed by atoms with Gasteiger partial charge in [0.1, 0.15) is 24.5 Å². The van der Waals surface area contributed by atoms with Crippen molar-refractivity contribution < 1.29 is 22.9 Å². The minimum atomic E-state index is -3.01. The second-order valence-electron chi connectivity index (χ2n) is 10.6. The van der Waals surface area contributed by atoms with E-state index in [2.05, 4.69) is 9.55 Å². The van der Waals surface area contributed by atoms with Crippen LogP contribution in [-0.4, -0.2) is 65.7 Å². The third kappa shape index (κ3) is 4.36. The molecule has 4 aromatic rings. The van der Waals surface area contributed by atoms with Crippen molar-refractivity contribution in [2.45, 2.75) is 25.1 Å². The molecule has 11 heteroatoms. The summed E-state index contributed by atoms with van der Waals surface area (Å²) in [5, 5.41) is 0. The van der Waals surface area contributed by atoms with Crippen LogP contribution >= 0.6 is 7.14 Å². The van der Waals surface area contributed by atoms with Crippen LogP contribution in [0.1, 0.15) is 40.3 Å². The highest BCUT2D eigenvalue weighted by molar-refractivity contribution is 7.62. The van der Waals surface area contributed by atoms with E-state index in [9.17, 15) is 18.1 Å². The van der Waals surface area contributed by atoms with Gasteiger partial charge in [-0.2, -0.15) is 8.78 Å². The lowest BCUT2D eigenvalue weighted by Gasteiger charge is -2.24. The fourth-order valence-corrected chi connectivity index (χ4v) is 6.99. The van der Waals surface area contributed by atoms with Gasteiger partial charge < -0.3 is 23.7 Å². The van der Waals surface area contributed by atoms with Gasteiger partial charge in [-0.05, 0) is 55.3 Å². The number of amides is 1. The molecule has 0 saturated heterocycles. The Bertz CT molecular complexity index is 1650. The molecule has 0 fully saturated rings. The largest absolute Gasteiger partial charge is 0.434 e. The fraction of sp³-hybridized carbons (Fsp3) is 0.321. The average Bonchev–Trinajstić information content (AvgIpc) is 3.40. The predicted octanol–water partition coefficient (Wildman–Crippen LogP) is 5.84. The molecule has 0 unspecified atom stereocenters. The van der Waals surface area contributed by atoms with Crippen LogP contribution < -0.4 is 9.64 Å². The van der Waals surface area contributed by atoms with Crippen molar-refractivity contribution in [2.24, 2.45) is 0 Å².